The maximum atomic E-state index is 12.4. The van der Waals surface area contributed by atoms with Gasteiger partial charge in [0.2, 0.25) is 0 Å². The van der Waals surface area contributed by atoms with Crippen LogP contribution in [0.25, 0.3) is 11.3 Å². The summed E-state index contributed by atoms with van der Waals surface area (Å²) in [4.78, 5) is 14.5. The molecule has 3 aromatic rings. The fourth-order valence-electron chi connectivity index (χ4n) is 2.61. The third-order valence-electron chi connectivity index (χ3n) is 3.98. The highest BCUT2D eigenvalue weighted by Gasteiger charge is 2.18. The van der Waals surface area contributed by atoms with E-state index in [1.807, 2.05) is 37.7 Å². The molecule has 25 heavy (non-hydrogen) atoms. The summed E-state index contributed by atoms with van der Waals surface area (Å²) in [5, 5.41) is 7.67. The first-order valence-corrected chi connectivity index (χ1v) is 9.20. The molecule has 0 aliphatic rings. The third-order valence-corrected chi connectivity index (χ3v) is 5.01. The Labute approximate surface area is 156 Å². The van der Waals surface area contributed by atoms with Gasteiger partial charge in [0.05, 0.1) is 11.1 Å². The lowest BCUT2D eigenvalue weighted by atomic mass is 10.1. The number of amides is 1. The fraction of sp³-hybridized carbons (Fsp3) is 0.211. The Bertz CT molecular complexity index is 843. The zero-order chi connectivity index (χ0) is 17.8. The van der Waals surface area contributed by atoms with E-state index >= 15 is 0 Å². The zero-order valence-electron chi connectivity index (χ0n) is 14.0. The number of thiophene rings is 1. The Hall–Kier alpha value is -2.08. The Balaban J connectivity index is 1.69. The first-order valence-electron chi connectivity index (χ1n) is 7.87. The van der Waals surface area contributed by atoms with Gasteiger partial charge in [-0.1, -0.05) is 23.7 Å². The van der Waals surface area contributed by atoms with Gasteiger partial charge in [-0.15, -0.1) is 0 Å². The third kappa shape index (κ3) is 4.12. The van der Waals surface area contributed by atoms with Crippen molar-refractivity contribution in [3.05, 3.63) is 69.6 Å². The molecule has 1 aromatic carbocycles. The lowest BCUT2D eigenvalue weighted by Gasteiger charge is -2.23. The van der Waals surface area contributed by atoms with Crippen LogP contribution in [-0.2, 0) is 0 Å². The van der Waals surface area contributed by atoms with Crippen LogP contribution in [0.5, 0.6) is 0 Å². The van der Waals surface area contributed by atoms with Gasteiger partial charge < -0.3 is 14.6 Å². The van der Waals surface area contributed by atoms with Crippen molar-refractivity contribution >= 4 is 28.8 Å². The van der Waals surface area contributed by atoms with Crippen LogP contribution in [0.4, 0.5) is 0 Å². The molecular weight excluding hydrogens is 356 g/mol. The van der Waals surface area contributed by atoms with E-state index in [1.165, 1.54) is 5.56 Å². The van der Waals surface area contributed by atoms with Gasteiger partial charge in [0.1, 0.15) is 5.76 Å². The van der Waals surface area contributed by atoms with E-state index in [0.29, 0.717) is 17.3 Å². The fourth-order valence-corrected chi connectivity index (χ4v) is 3.54. The minimum Gasteiger partial charge on any atom is -0.451 e. The van der Waals surface area contributed by atoms with E-state index in [1.54, 1.807) is 29.5 Å². The van der Waals surface area contributed by atoms with Crippen LogP contribution < -0.4 is 5.32 Å². The van der Waals surface area contributed by atoms with Crippen LogP contribution in [0, 0.1) is 0 Å². The van der Waals surface area contributed by atoms with Gasteiger partial charge in [-0.05, 0) is 60.8 Å². The molecule has 0 bridgehead atoms. The van der Waals surface area contributed by atoms with Crippen LogP contribution in [0.1, 0.15) is 22.2 Å². The average molecular weight is 375 g/mol. The quantitative estimate of drug-likeness (QED) is 0.680. The van der Waals surface area contributed by atoms with E-state index in [0.717, 1.165) is 5.56 Å². The number of furan rings is 1. The van der Waals surface area contributed by atoms with Crippen LogP contribution >= 0.6 is 22.9 Å². The molecule has 0 fully saturated rings. The Morgan fingerprint density at radius 2 is 2.04 bits per heavy atom. The van der Waals surface area contributed by atoms with Gasteiger partial charge in [0.25, 0.3) is 5.91 Å². The first kappa shape index (κ1) is 17.7. The topological polar surface area (TPSA) is 45.5 Å². The molecule has 0 unspecified atom stereocenters. The second kappa shape index (κ2) is 7.87. The second-order valence-electron chi connectivity index (χ2n) is 5.89. The summed E-state index contributed by atoms with van der Waals surface area (Å²) in [5.41, 5.74) is 1.96. The van der Waals surface area contributed by atoms with E-state index in [-0.39, 0.29) is 17.7 Å². The normalized spacial score (nSPS) is 12.3. The standard InChI is InChI=1S/C19H19ClN2O2S/c1-22(2)16(13-9-10-25-12-13)11-21-19(23)18-8-7-17(24-18)14-5-3-4-6-15(14)20/h3-10,12,16H,11H2,1-2H3,(H,21,23)/t16-/m1/s1. The molecule has 0 aliphatic carbocycles. The molecule has 0 aliphatic heterocycles. The molecule has 0 saturated heterocycles. The molecule has 1 amide bonds. The summed E-state index contributed by atoms with van der Waals surface area (Å²) in [6.07, 6.45) is 0. The average Bonchev–Trinajstić information content (AvgIpc) is 3.27. The van der Waals surface area contributed by atoms with Crippen LogP contribution in [-0.4, -0.2) is 31.4 Å². The van der Waals surface area contributed by atoms with Crippen molar-refractivity contribution in [1.82, 2.24) is 10.2 Å². The minimum atomic E-state index is -0.236. The van der Waals surface area contributed by atoms with Crippen molar-refractivity contribution in [3.8, 4) is 11.3 Å². The Morgan fingerprint density at radius 1 is 1.24 bits per heavy atom. The molecule has 2 aromatic heterocycles. The SMILES string of the molecule is CN(C)[C@H](CNC(=O)c1ccc(-c2ccccc2Cl)o1)c1ccsc1. The van der Waals surface area contributed by atoms with Crippen molar-refractivity contribution < 1.29 is 9.21 Å². The summed E-state index contributed by atoms with van der Waals surface area (Å²) in [5.74, 6) is 0.621. The number of benzene rings is 1. The zero-order valence-corrected chi connectivity index (χ0v) is 15.6. The molecule has 1 N–H and O–H groups in total. The maximum Gasteiger partial charge on any atom is 0.287 e. The molecule has 0 radical (unpaired) electrons. The largest absolute Gasteiger partial charge is 0.451 e. The van der Waals surface area contributed by atoms with Gasteiger partial charge in [-0.2, -0.15) is 11.3 Å². The van der Waals surface area contributed by atoms with E-state index < -0.39 is 0 Å². The first-order chi connectivity index (χ1) is 12.1. The number of halogens is 1. The van der Waals surface area contributed by atoms with Gasteiger partial charge >= 0.3 is 0 Å². The number of hydrogen-bond acceptors (Lipinski definition) is 4. The number of nitrogens with one attached hydrogen (secondary N) is 1. The summed E-state index contributed by atoms with van der Waals surface area (Å²) in [7, 11) is 3.99. The molecule has 6 heteroatoms. The van der Waals surface area contributed by atoms with E-state index in [9.17, 15) is 4.79 Å². The second-order valence-corrected chi connectivity index (χ2v) is 7.08. The Kier molecular flexibility index (Phi) is 5.58. The molecule has 3 rings (SSSR count). The highest BCUT2D eigenvalue weighted by molar-refractivity contribution is 7.07. The molecule has 0 spiro atoms. The van der Waals surface area contributed by atoms with E-state index in [4.69, 9.17) is 16.0 Å². The summed E-state index contributed by atoms with van der Waals surface area (Å²) in [6, 6.07) is 13.0. The number of carbonyl (C=O) groups is 1. The highest BCUT2D eigenvalue weighted by Crippen LogP contribution is 2.29. The summed E-state index contributed by atoms with van der Waals surface area (Å²) < 4.78 is 5.69. The maximum absolute atomic E-state index is 12.4. The van der Waals surface area contributed by atoms with Crippen molar-refractivity contribution in [1.29, 1.82) is 0 Å². The van der Waals surface area contributed by atoms with E-state index in [2.05, 4.69) is 21.7 Å². The monoisotopic (exact) mass is 374 g/mol. The van der Waals surface area contributed by atoms with Crippen molar-refractivity contribution in [2.75, 3.05) is 20.6 Å². The van der Waals surface area contributed by atoms with Crippen molar-refractivity contribution in [2.45, 2.75) is 6.04 Å². The number of likely N-dealkylation sites (N-methyl/N-ethyl adjacent to an activating group) is 1. The van der Waals surface area contributed by atoms with Crippen LogP contribution in [0.15, 0.2) is 57.6 Å². The predicted molar refractivity (Wildman–Crippen MR) is 102 cm³/mol. The number of hydrogen-bond donors (Lipinski definition) is 1. The summed E-state index contributed by atoms with van der Waals surface area (Å²) in [6.45, 7) is 0.505. The molecule has 0 saturated carbocycles. The molecule has 1 atom stereocenters. The molecule has 2 heterocycles. The Morgan fingerprint density at radius 3 is 2.72 bits per heavy atom. The summed E-state index contributed by atoms with van der Waals surface area (Å²) >= 11 is 7.82. The van der Waals surface area contributed by atoms with Crippen molar-refractivity contribution in [3.63, 3.8) is 0 Å². The lowest BCUT2D eigenvalue weighted by Crippen LogP contribution is -2.34. The number of carbonyl (C=O) groups excluding carboxylic acids is 1. The van der Waals surface area contributed by atoms with Crippen molar-refractivity contribution in [2.24, 2.45) is 0 Å². The van der Waals surface area contributed by atoms with Gasteiger partial charge in [-0.25, -0.2) is 0 Å². The van der Waals surface area contributed by atoms with Gasteiger partial charge in [0, 0.05) is 12.1 Å². The lowest BCUT2D eigenvalue weighted by molar-refractivity contribution is 0.0915. The molecular formula is C19H19ClN2O2S. The highest BCUT2D eigenvalue weighted by atomic mass is 35.5. The van der Waals surface area contributed by atoms with Crippen LogP contribution in [0.3, 0.4) is 0 Å². The number of nitrogens with zero attached hydrogens (tertiary/aromatic N) is 1. The minimum absolute atomic E-state index is 0.119. The number of rotatable bonds is 6. The van der Waals surface area contributed by atoms with Gasteiger partial charge in [0.15, 0.2) is 5.76 Å². The molecule has 130 valence electrons. The van der Waals surface area contributed by atoms with Crippen LogP contribution in [0.2, 0.25) is 5.02 Å². The predicted octanol–water partition coefficient (Wildman–Crippen LogP) is 4.69. The van der Waals surface area contributed by atoms with Gasteiger partial charge in [-0.3, -0.25) is 4.79 Å². The smallest absolute Gasteiger partial charge is 0.287 e. The molecule has 4 nitrogen and oxygen atoms in total.